The van der Waals surface area contributed by atoms with Gasteiger partial charge in [-0.25, -0.2) is 8.42 Å². The molecule has 0 atom stereocenters. The maximum absolute atomic E-state index is 13.2. The largest absolute Gasteiger partial charge is 0.360 e. The van der Waals surface area contributed by atoms with E-state index in [-0.39, 0.29) is 29.7 Å². The molecule has 0 aliphatic heterocycles. The zero-order valence-electron chi connectivity index (χ0n) is 16.0. The van der Waals surface area contributed by atoms with Crippen molar-refractivity contribution < 1.29 is 17.7 Å². The fourth-order valence-electron chi connectivity index (χ4n) is 2.90. The molecule has 148 valence electrons. The van der Waals surface area contributed by atoms with Gasteiger partial charge in [0.25, 0.3) is 0 Å². The molecule has 0 radical (unpaired) electrons. The molecule has 7 nitrogen and oxygen atoms in total. The molecule has 0 saturated heterocycles. The van der Waals surface area contributed by atoms with Crippen LogP contribution in [0.1, 0.15) is 19.6 Å². The van der Waals surface area contributed by atoms with Crippen molar-refractivity contribution in [2.24, 2.45) is 5.92 Å². The number of amides is 1. The van der Waals surface area contributed by atoms with Crippen molar-refractivity contribution >= 4 is 32.5 Å². The van der Waals surface area contributed by atoms with Crippen LogP contribution in [0.5, 0.6) is 0 Å². The quantitative estimate of drug-likeness (QED) is 0.655. The number of carbonyl (C=O) groups excluding carboxylic acids is 1. The van der Waals surface area contributed by atoms with E-state index >= 15 is 0 Å². The van der Waals surface area contributed by atoms with Gasteiger partial charge in [0.1, 0.15) is 5.76 Å². The Labute approximate surface area is 164 Å². The summed E-state index contributed by atoms with van der Waals surface area (Å²) in [4.78, 5) is 12.6. The summed E-state index contributed by atoms with van der Waals surface area (Å²) in [5.74, 6) is 0.392. The third-order valence-corrected chi connectivity index (χ3v) is 5.95. The van der Waals surface area contributed by atoms with E-state index in [0.29, 0.717) is 5.76 Å². The van der Waals surface area contributed by atoms with Crippen LogP contribution in [0.15, 0.2) is 57.9 Å². The van der Waals surface area contributed by atoms with Crippen LogP contribution in [-0.2, 0) is 14.8 Å². The second kappa shape index (κ2) is 8.12. The minimum absolute atomic E-state index is 0.0531. The number of rotatable bonds is 7. The molecule has 0 spiro atoms. The first-order chi connectivity index (χ1) is 13.3. The number of aryl methyl sites for hydroxylation is 1. The van der Waals surface area contributed by atoms with Gasteiger partial charge in [0.2, 0.25) is 15.9 Å². The zero-order chi connectivity index (χ0) is 20.3. The number of benzene rings is 2. The molecular formula is C20H23N3O4S. The summed E-state index contributed by atoms with van der Waals surface area (Å²) in [5, 5.41) is 8.06. The molecule has 0 unspecified atom stereocenters. The number of hydrogen-bond acceptors (Lipinski definition) is 5. The van der Waals surface area contributed by atoms with Crippen molar-refractivity contribution in [2.75, 3.05) is 18.4 Å². The first kappa shape index (κ1) is 20.0. The molecule has 0 fully saturated rings. The molecule has 3 aromatic rings. The number of nitrogens with one attached hydrogen (secondary N) is 1. The Hall–Kier alpha value is -2.71. The van der Waals surface area contributed by atoms with Crippen molar-refractivity contribution in [3.05, 3.63) is 54.3 Å². The Morgan fingerprint density at radius 3 is 2.50 bits per heavy atom. The van der Waals surface area contributed by atoms with Gasteiger partial charge in [-0.3, -0.25) is 4.79 Å². The fraction of sp³-hybridized carbons (Fsp3) is 0.300. The van der Waals surface area contributed by atoms with Crippen LogP contribution < -0.4 is 5.32 Å². The van der Waals surface area contributed by atoms with Gasteiger partial charge in [-0.1, -0.05) is 49.3 Å². The fourth-order valence-corrected chi connectivity index (χ4v) is 4.50. The van der Waals surface area contributed by atoms with Crippen LogP contribution in [0.25, 0.3) is 10.8 Å². The first-order valence-corrected chi connectivity index (χ1v) is 10.4. The number of anilines is 1. The molecule has 0 aliphatic carbocycles. The second-order valence-electron chi connectivity index (χ2n) is 7.07. The Morgan fingerprint density at radius 2 is 1.86 bits per heavy atom. The van der Waals surface area contributed by atoms with Gasteiger partial charge >= 0.3 is 0 Å². The molecule has 1 heterocycles. The van der Waals surface area contributed by atoms with Crippen molar-refractivity contribution in [3.8, 4) is 0 Å². The third-order valence-electron chi connectivity index (χ3n) is 4.14. The van der Waals surface area contributed by atoms with E-state index in [1.165, 1.54) is 4.31 Å². The minimum Gasteiger partial charge on any atom is -0.360 e. The van der Waals surface area contributed by atoms with Crippen LogP contribution >= 0.6 is 0 Å². The highest BCUT2D eigenvalue weighted by molar-refractivity contribution is 7.89. The van der Waals surface area contributed by atoms with E-state index in [0.717, 1.165) is 10.8 Å². The van der Waals surface area contributed by atoms with Crippen LogP contribution in [0.4, 0.5) is 5.82 Å². The normalized spacial score (nSPS) is 12.0. The summed E-state index contributed by atoms with van der Waals surface area (Å²) in [5.41, 5.74) is 0. The molecule has 28 heavy (non-hydrogen) atoms. The van der Waals surface area contributed by atoms with Crippen LogP contribution in [0.3, 0.4) is 0 Å². The summed E-state index contributed by atoms with van der Waals surface area (Å²) in [6.07, 6.45) is 0. The predicted octanol–water partition coefficient (Wildman–Crippen LogP) is 3.42. The molecule has 1 aromatic heterocycles. The highest BCUT2D eigenvalue weighted by atomic mass is 32.2. The highest BCUT2D eigenvalue weighted by Crippen LogP contribution is 2.22. The number of nitrogens with zero attached hydrogens (tertiary/aromatic N) is 2. The lowest BCUT2D eigenvalue weighted by atomic mass is 10.1. The summed E-state index contributed by atoms with van der Waals surface area (Å²) in [6.45, 7) is 5.43. The van der Waals surface area contributed by atoms with E-state index in [9.17, 15) is 13.2 Å². The molecule has 0 aliphatic rings. The maximum Gasteiger partial charge on any atom is 0.243 e. The van der Waals surface area contributed by atoms with Crippen LogP contribution in [0, 0.1) is 12.8 Å². The van der Waals surface area contributed by atoms with Crippen LogP contribution in [-0.4, -0.2) is 36.9 Å². The van der Waals surface area contributed by atoms with E-state index in [4.69, 9.17) is 4.52 Å². The Kier molecular flexibility index (Phi) is 5.81. The number of hydrogen-bond donors (Lipinski definition) is 1. The molecule has 1 N–H and O–H groups in total. The second-order valence-corrected chi connectivity index (χ2v) is 9.01. The first-order valence-electron chi connectivity index (χ1n) is 8.98. The standard InChI is InChI=1S/C20H23N3O4S/c1-14(2)12-23(13-20(24)21-19-10-15(3)27-22-19)28(25,26)18-9-8-16-6-4-5-7-17(16)11-18/h4-11,14H,12-13H2,1-3H3,(H,21,22,24). The van der Waals surface area contributed by atoms with Gasteiger partial charge in [0.05, 0.1) is 11.4 Å². The van der Waals surface area contributed by atoms with Crippen molar-refractivity contribution in [1.82, 2.24) is 9.46 Å². The van der Waals surface area contributed by atoms with E-state index in [1.807, 2.05) is 38.1 Å². The van der Waals surface area contributed by atoms with Crippen molar-refractivity contribution in [3.63, 3.8) is 0 Å². The van der Waals surface area contributed by atoms with E-state index in [2.05, 4.69) is 10.5 Å². The number of sulfonamides is 1. The topological polar surface area (TPSA) is 92.5 Å². The molecule has 8 heteroatoms. The van der Waals surface area contributed by atoms with Gasteiger partial charge in [0.15, 0.2) is 5.82 Å². The van der Waals surface area contributed by atoms with Crippen molar-refractivity contribution in [2.45, 2.75) is 25.7 Å². The summed E-state index contributed by atoms with van der Waals surface area (Å²) in [6, 6.07) is 14.1. The van der Waals surface area contributed by atoms with Gasteiger partial charge < -0.3 is 9.84 Å². The maximum atomic E-state index is 13.2. The minimum atomic E-state index is -3.84. The lowest BCUT2D eigenvalue weighted by Crippen LogP contribution is -2.40. The summed E-state index contributed by atoms with van der Waals surface area (Å²) < 4.78 is 32.5. The lowest BCUT2D eigenvalue weighted by molar-refractivity contribution is -0.116. The summed E-state index contributed by atoms with van der Waals surface area (Å²) >= 11 is 0. The molecule has 3 rings (SSSR count). The lowest BCUT2D eigenvalue weighted by Gasteiger charge is -2.23. The molecule has 1 amide bonds. The highest BCUT2D eigenvalue weighted by Gasteiger charge is 2.27. The van der Waals surface area contributed by atoms with E-state index in [1.54, 1.807) is 31.2 Å². The van der Waals surface area contributed by atoms with Crippen molar-refractivity contribution in [1.29, 1.82) is 0 Å². The average molecular weight is 401 g/mol. The van der Waals surface area contributed by atoms with E-state index < -0.39 is 15.9 Å². The smallest absolute Gasteiger partial charge is 0.243 e. The number of fused-ring (bicyclic) bond motifs is 1. The van der Waals surface area contributed by atoms with Gasteiger partial charge in [-0.05, 0) is 35.7 Å². The predicted molar refractivity (Wildman–Crippen MR) is 107 cm³/mol. The zero-order valence-corrected chi connectivity index (χ0v) is 16.9. The average Bonchev–Trinajstić information content (AvgIpc) is 3.05. The van der Waals surface area contributed by atoms with Gasteiger partial charge in [0, 0.05) is 12.6 Å². The Bertz CT molecular complexity index is 1090. The summed E-state index contributed by atoms with van der Waals surface area (Å²) in [7, 11) is -3.84. The Morgan fingerprint density at radius 1 is 1.14 bits per heavy atom. The molecule has 0 saturated carbocycles. The molecule has 0 bridgehead atoms. The monoisotopic (exact) mass is 401 g/mol. The number of carbonyl (C=O) groups is 1. The van der Waals surface area contributed by atoms with Gasteiger partial charge in [-0.2, -0.15) is 4.31 Å². The van der Waals surface area contributed by atoms with Gasteiger partial charge in [-0.15, -0.1) is 0 Å². The number of aromatic nitrogens is 1. The third kappa shape index (κ3) is 4.58. The molecular weight excluding hydrogens is 378 g/mol. The SMILES string of the molecule is Cc1cc(NC(=O)CN(CC(C)C)S(=O)(=O)c2ccc3ccccc3c2)no1. The Balaban J connectivity index is 1.86. The molecule has 2 aromatic carbocycles. The van der Waals surface area contributed by atoms with Crippen LogP contribution in [0.2, 0.25) is 0 Å².